The Morgan fingerprint density at radius 3 is 2.61 bits per heavy atom. The molecule has 0 unspecified atom stereocenters. The van der Waals surface area contributed by atoms with Crippen LogP contribution in [0.25, 0.3) is 0 Å². The first-order valence-corrected chi connectivity index (χ1v) is 13.5. The summed E-state index contributed by atoms with van der Waals surface area (Å²) in [5.41, 5.74) is 2.82. The van der Waals surface area contributed by atoms with Crippen LogP contribution in [0.15, 0.2) is 30.6 Å². The zero-order chi connectivity index (χ0) is 25.1. The molecule has 1 aliphatic carbocycles. The van der Waals surface area contributed by atoms with Crippen molar-refractivity contribution in [3.05, 3.63) is 52.4 Å². The molecule has 1 aromatic carbocycles. The summed E-state index contributed by atoms with van der Waals surface area (Å²) in [6.45, 7) is 7.22. The van der Waals surface area contributed by atoms with E-state index in [-0.39, 0.29) is 17.7 Å². The van der Waals surface area contributed by atoms with Crippen molar-refractivity contribution in [3.8, 4) is 0 Å². The number of fused-ring (bicyclic) bond motifs is 1. The molecular weight excluding hydrogens is 478 g/mol. The fourth-order valence-electron chi connectivity index (χ4n) is 5.77. The van der Waals surface area contributed by atoms with Crippen molar-refractivity contribution >= 4 is 23.3 Å². The van der Waals surface area contributed by atoms with Crippen molar-refractivity contribution in [3.63, 3.8) is 0 Å². The number of hydrogen-bond acceptors (Lipinski definition) is 7. The third kappa shape index (κ3) is 5.52. The standard InChI is InChI=1S/C27H36ClN5O3/c1-18-16-23(34)25-24(18)26(31-17-30-25)32-10-12-33(13-11-32)27(35)22(19-2-4-20(28)5-3-19)6-9-29-21-7-14-36-15-8-21/h2-5,17-18,21-23,29,34H,6-16H2,1H3/t18-,22-,23-/m1/s1. The van der Waals surface area contributed by atoms with E-state index in [2.05, 4.69) is 27.1 Å². The number of hydrogen-bond donors (Lipinski definition) is 2. The number of aromatic nitrogens is 2. The zero-order valence-corrected chi connectivity index (χ0v) is 21.7. The van der Waals surface area contributed by atoms with Crippen LogP contribution < -0.4 is 10.2 Å². The minimum Gasteiger partial charge on any atom is -0.387 e. The molecule has 8 nitrogen and oxygen atoms in total. The van der Waals surface area contributed by atoms with Gasteiger partial charge in [-0.1, -0.05) is 30.7 Å². The molecule has 3 heterocycles. The van der Waals surface area contributed by atoms with Crippen molar-refractivity contribution in [1.82, 2.24) is 20.2 Å². The van der Waals surface area contributed by atoms with E-state index < -0.39 is 6.10 Å². The van der Waals surface area contributed by atoms with Crippen molar-refractivity contribution in [1.29, 1.82) is 0 Å². The Hall–Kier alpha value is -2.26. The summed E-state index contributed by atoms with van der Waals surface area (Å²) in [5.74, 6) is 1.09. The quantitative estimate of drug-likeness (QED) is 0.587. The van der Waals surface area contributed by atoms with Crippen LogP contribution in [0.2, 0.25) is 5.02 Å². The van der Waals surface area contributed by atoms with E-state index in [4.69, 9.17) is 16.3 Å². The highest BCUT2D eigenvalue weighted by atomic mass is 35.5. The van der Waals surface area contributed by atoms with Gasteiger partial charge < -0.3 is 25.0 Å². The van der Waals surface area contributed by atoms with Crippen molar-refractivity contribution in [2.45, 2.75) is 56.6 Å². The van der Waals surface area contributed by atoms with Gasteiger partial charge in [0, 0.05) is 56.0 Å². The summed E-state index contributed by atoms with van der Waals surface area (Å²) >= 11 is 6.13. The average Bonchev–Trinajstić information content (AvgIpc) is 3.21. The average molecular weight is 514 g/mol. The van der Waals surface area contributed by atoms with Crippen molar-refractivity contribution in [2.24, 2.45) is 0 Å². The van der Waals surface area contributed by atoms with E-state index in [0.29, 0.717) is 43.7 Å². The lowest BCUT2D eigenvalue weighted by molar-refractivity contribution is -0.133. The molecule has 2 fully saturated rings. The molecule has 5 rings (SSSR count). The van der Waals surface area contributed by atoms with Crippen molar-refractivity contribution in [2.75, 3.05) is 50.8 Å². The van der Waals surface area contributed by atoms with Crippen LogP contribution in [-0.2, 0) is 9.53 Å². The largest absolute Gasteiger partial charge is 0.387 e. The van der Waals surface area contributed by atoms with Crippen LogP contribution in [0.1, 0.15) is 67.4 Å². The Labute approximate surface area is 218 Å². The molecule has 3 atom stereocenters. The highest BCUT2D eigenvalue weighted by molar-refractivity contribution is 6.30. The normalized spacial score (nSPS) is 23.5. The molecule has 9 heteroatoms. The number of aliphatic hydroxyl groups excluding tert-OH is 1. The molecule has 2 aliphatic heterocycles. The molecule has 2 N–H and O–H groups in total. The molecule has 194 valence electrons. The fourth-order valence-corrected chi connectivity index (χ4v) is 5.90. The van der Waals surface area contributed by atoms with Gasteiger partial charge in [0.2, 0.25) is 5.91 Å². The Bertz CT molecular complexity index is 1040. The molecule has 3 aliphatic rings. The van der Waals surface area contributed by atoms with E-state index in [0.717, 1.165) is 61.7 Å². The number of carbonyl (C=O) groups excluding carboxylic acids is 1. The maximum absolute atomic E-state index is 13.8. The maximum Gasteiger partial charge on any atom is 0.230 e. The van der Waals surface area contributed by atoms with Gasteiger partial charge in [0.25, 0.3) is 0 Å². The number of aliphatic hydroxyl groups is 1. The topological polar surface area (TPSA) is 90.8 Å². The van der Waals surface area contributed by atoms with Crippen LogP contribution in [0.4, 0.5) is 5.82 Å². The fraction of sp³-hybridized carbons (Fsp3) is 0.593. The summed E-state index contributed by atoms with van der Waals surface area (Å²) in [7, 11) is 0. The molecule has 0 spiro atoms. The minimum atomic E-state index is -0.519. The number of ether oxygens (including phenoxy) is 1. The van der Waals surface area contributed by atoms with Gasteiger partial charge in [-0.05, 0) is 55.8 Å². The summed E-state index contributed by atoms with van der Waals surface area (Å²) in [6.07, 6.45) is 4.49. The first-order chi connectivity index (χ1) is 17.5. The number of benzene rings is 1. The molecule has 2 aromatic rings. The van der Waals surface area contributed by atoms with Crippen molar-refractivity contribution < 1.29 is 14.6 Å². The number of nitrogens with one attached hydrogen (secondary N) is 1. The summed E-state index contributed by atoms with van der Waals surface area (Å²) in [5, 5.41) is 14.7. The Balaban J connectivity index is 1.24. The second-order valence-electron chi connectivity index (χ2n) is 10.2. The second-order valence-corrected chi connectivity index (χ2v) is 10.6. The lowest BCUT2D eigenvalue weighted by atomic mass is 9.93. The summed E-state index contributed by atoms with van der Waals surface area (Å²) < 4.78 is 5.46. The molecule has 0 bridgehead atoms. The third-order valence-electron chi connectivity index (χ3n) is 7.83. The van der Waals surface area contributed by atoms with Gasteiger partial charge >= 0.3 is 0 Å². The summed E-state index contributed by atoms with van der Waals surface area (Å²) in [6, 6.07) is 8.15. The van der Waals surface area contributed by atoms with E-state index in [1.54, 1.807) is 6.33 Å². The predicted molar refractivity (Wildman–Crippen MR) is 139 cm³/mol. The molecule has 0 radical (unpaired) electrons. The van der Waals surface area contributed by atoms with E-state index >= 15 is 0 Å². The smallest absolute Gasteiger partial charge is 0.230 e. The van der Waals surface area contributed by atoms with Crippen LogP contribution in [0.3, 0.4) is 0 Å². The highest BCUT2D eigenvalue weighted by Gasteiger charge is 2.35. The van der Waals surface area contributed by atoms with E-state index in [1.807, 2.05) is 29.2 Å². The SMILES string of the molecule is C[C@@H]1C[C@@H](O)c2ncnc(N3CCN(C(=O)[C@H](CCNC4CCOCC4)c4ccc(Cl)cc4)CC3)c21. The van der Waals surface area contributed by atoms with Gasteiger partial charge in [-0.3, -0.25) is 4.79 Å². The first-order valence-electron chi connectivity index (χ1n) is 13.1. The number of halogens is 1. The van der Waals surface area contributed by atoms with E-state index in [9.17, 15) is 9.90 Å². The Morgan fingerprint density at radius 2 is 1.89 bits per heavy atom. The molecule has 1 aromatic heterocycles. The molecule has 0 saturated carbocycles. The van der Waals surface area contributed by atoms with Crippen LogP contribution in [0.5, 0.6) is 0 Å². The second kappa shape index (κ2) is 11.4. The van der Waals surface area contributed by atoms with Gasteiger partial charge in [-0.25, -0.2) is 9.97 Å². The van der Waals surface area contributed by atoms with Gasteiger partial charge in [-0.2, -0.15) is 0 Å². The Morgan fingerprint density at radius 1 is 1.17 bits per heavy atom. The number of anilines is 1. The number of piperazine rings is 1. The first kappa shape index (κ1) is 25.4. The van der Waals surface area contributed by atoms with Gasteiger partial charge in [0.05, 0.1) is 17.7 Å². The summed E-state index contributed by atoms with van der Waals surface area (Å²) in [4.78, 5) is 26.9. The van der Waals surface area contributed by atoms with Gasteiger partial charge in [-0.15, -0.1) is 0 Å². The monoisotopic (exact) mass is 513 g/mol. The van der Waals surface area contributed by atoms with E-state index in [1.165, 1.54) is 0 Å². The minimum absolute atomic E-state index is 0.169. The molecule has 2 saturated heterocycles. The Kier molecular flexibility index (Phi) is 8.06. The highest BCUT2D eigenvalue weighted by Crippen LogP contribution is 2.42. The van der Waals surface area contributed by atoms with Gasteiger partial charge in [0.1, 0.15) is 12.1 Å². The zero-order valence-electron chi connectivity index (χ0n) is 20.9. The number of amides is 1. The third-order valence-corrected chi connectivity index (χ3v) is 8.08. The number of carbonyl (C=O) groups is 1. The molecular formula is C27H36ClN5O3. The lowest BCUT2D eigenvalue weighted by Gasteiger charge is -2.38. The maximum atomic E-state index is 13.8. The van der Waals surface area contributed by atoms with Crippen LogP contribution in [0, 0.1) is 0 Å². The van der Waals surface area contributed by atoms with Crippen LogP contribution >= 0.6 is 11.6 Å². The molecule has 36 heavy (non-hydrogen) atoms. The van der Waals surface area contributed by atoms with Crippen LogP contribution in [-0.4, -0.2) is 77.9 Å². The number of nitrogens with zero attached hydrogens (tertiary/aromatic N) is 4. The predicted octanol–water partition coefficient (Wildman–Crippen LogP) is 3.26. The molecule has 1 amide bonds. The number of rotatable bonds is 7. The van der Waals surface area contributed by atoms with Gasteiger partial charge in [0.15, 0.2) is 0 Å². The lowest BCUT2D eigenvalue weighted by Crippen LogP contribution is -2.50.